The standard InChI is InChI=1S/C12H14BrNO2/c1-3-4-5-12(15)14-11-8-9(16-2)6-7-10(11)13/h3,6-8H,1,4-5H2,2H3,(H,14,15). The van der Waals surface area contributed by atoms with Crippen molar-refractivity contribution in [3.63, 3.8) is 0 Å². The minimum absolute atomic E-state index is 0.0335. The SMILES string of the molecule is C=CCCC(=O)Nc1cc(OC)ccc1Br. The van der Waals surface area contributed by atoms with Crippen molar-refractivity contribution in [1.82, 2.24) is 0 Å². The first-order valence-corrected chi connectivity index (χ1v) is 5.71. The van der Waals surface area contributed by atoms with Crippen LogP contribution in [0.2, 0.25) is 0 Å². The molecule has 0 spiro atoms. The molecule has 1 rings (SSSR count). The Kier molecular flexibility index (Phi) is 5.05. The quantitative estimate of drug-likeness (QED) is 0.842. The number of benzene rings is 1. The first kappa shape index (κ1) is 12.8. The van der Waals surface area contributed by atoms with E-state index in [-0.39, 0.29) is 5.91 Å². The highest BCUT2D eigenvalue weighted by Gasteiger charge is 2.05. The second kappa shape index (κ2) is 6.33. The van der Waals surface area contributed by atoms with Crippen molar-refractivity contribution in [3.8, 4) is 5.75 Å². The van der Waals surface area contributed by atoms with E-state index in [9.17, 15) is 4.79 Å². The summed E-state index contributed by atoms with van der Waals surface area (Å²) in [5, 5.41) is 2.81. The Morgan fingerprint density at radius 3 is 3.00 bits per heavy atom. The molecule has 0 fully saturated rings. The summed E-state index contributed by atoms with van der Waals surface area (Å²) in [7, 11) is 1.59. The molecule has 1 N–H and O–H groups in total. The lowest BCUT2D eigenvalue weighted by Gasteiger charge is -2.08. The van der Waals surface area contributed by atoms with E-state index >= 15 is 0 Å². The monoisotopic (exact) mass is 283 g/mol. The number of carbonyl (C=O) groups is 1. The smallest absolute Gasteiger partial charge is 0.224 e. The number of nitrogens with one attached hydrogen (secondary N) is 1. The molecule has 0 unspecified atom stereocenters. The number of methoxy groups -OCH3 is 1. The molecule has 16 heavy (non-hydrogen) atoms. The Bertz CT molecular complexity index is 391. The fourth-order valence-corrected chi connectivity index (χ4v) is 1.52. The predicted molar refractivity (Wildman–Crippen MR) is 68.8 cm³/mol. The molecule has 0 saturated carbocycles. The largest absolute Gasteiger partial charge is 0.497 e. The number of allylic oxidation sites excluding steroid dienone is 1. The zero-order valence-corrected chi connectivity index (χ0v) is 10.7. The van der Waals surface area contributed by atoms with Crippen molar-refractivity contribution in [2.45, 2.75) is 12.8 Å². The Morgan fingerprint density at radius 1 is 1.62 bits per heavy atom. The topological polar surface area (TPSA) is 38.3 Å². The van der Waals surface area contributed by atoms with Crippen molar-refractivity contribution >= 4 is 27.5 Å². The van der Waals surface area contributed by atoms with Crippen molar-refractivity contribution < 1.29 is 9.53 Å². The average molecular weight is 284 g/mol. The average Bonchev–Trinajstić information content (AvgIpc) is 2.29. The Hall–Kier alpha value is -1.29. The number of carbonyl (C=O) groups excluding carboxylic acids is 1. The van der Waals surface area contributed by atoms with Gasteiger partial charge in [-0.15, -0.1) is 6.58 Å². The zero-order valence-electron chi connectivity index (χ0n) is 9.13. The van der Waals surface area contributed by atoms with Crippen molar-refractivity contribution in [2.24, 2.45) is 0 Å². The first-order valence-electron chi connectivity index (χ1n) is 4.91. The molecule has 0 bridgehead atoms. The van der Waals surface area contributed by atoms with E-state index in [1.165, 1.54) is 0 Å². The lowest BCUT2D eigenvalue weighted by molar-refractivity contribution is -0.116. The normalized spacial score (nSPS) is 9.62. The molecule has 0 heterocycles. The van der Waals surface area contributed by atoms with E-state index in [0.29, 0.717) is 24.3 Å². The van der Waals surface area contributed by atoms with Crippen LogP contribution in [0.1, 0.15) is 12.8 Å². The van der Waals surface area contributed by atoms with E-state index in [4.69, 9.17) is 4.74 Å². The Morgan fingerprint density at radius 2 is 2.38 bits per heavy atom. The molecule has 0 aromatic heterocycles. The maximum Gasteiger partial charge on any atom is 0.224 e. The maximum absolute atomic E-state index is 11.5. The van der Waals surface area contributed by atoms with Gasteiger partial charge in [-0.05, 0) is 34.5 Å². The highest BCUT2D eigenvalue weighted by atomic mass is 79.9. The second-order valence-electron chi connectivity index (χ2n) is 3.22. The molecule has 0 aliphatic heterocycles. The number of ether oxygens (including phenoxy) is 1. The van der Waals surface area contributed by atoms with Crippen molar-refractivity contribution in [1.29, 1.82) is 0 Å². The molecule has 1 aromatic rings. The molecule has 86 valence electrons. The molecule has 1 aromatic carbocycles. The van der Waals surface area contributed by atoms with Gasteiger partial charge in [0, 0.05) is 17.0 Å². The van der Waals surface area contributed by atoms with Crippen LogP contribution in [-0.2, 0) is 4.79 Å². The summed E-state index contributed by atoms with van der Waals surface area (Å²) in [5.74, 6) is 0.677. The molecule has 0 saturated heterocycles. The van der Waals surface area contributed by atoms with Crippen LogP contribution in [0.3, 0.4) is 0 Å². The molecular formula is C12H14BrNO2. The van der Waals surface area contributed by atoms with Crippen molar-refractivity contribution in [2.75, 3.05) is 12.4 Å². The number of anilines is 1. The Balaban J connectivity index is 2.71. The molecule has 4 heteroatoms. The third-order valence-corrected chi connectivity index (χ3v) is 2.71. The van der Waals surface area contributed by atoms with Gasteiger partial charge >= 0.3 is 0 Å². The molecular weight excluding hydrogens is 270 g/mol. The highest BCUT2D eigenvalue weighted by Crippen LogP contribution is 2.27. The highest BCUT2D eigenvalue weighted by molar-refractivity contribution is 9.10. The van der Waals surface area contributed by atoms with Crippen LogP contribution in [0.5, 0.6) is 5.75 Å². The zero-order chi connectivity index (χ0) is 12.0. The molecule has 1 amide bonds. The van der Waals surface area contributed by atoms with Gasteiger partial charge in [0.2, 0.25) is 5.91 Å². The number of halogens is 1. The molecule has 3 nitrogen and oxygen atoms in total. The van der Waals surface area contributed by atoms with Crippen LogP contribution in [0.25, 0.3) is 0 Å². The van der Waals surface area contributed by atoms with Crippen LogP contribution in [0.15, 0.2) is 35.3 Å². The minimum Gasteiger partial charge on any atom is -0.497 e. The van der Waals surface area contributed by atoms with Gasteiger partial charge in [-0.25, -0.2) is 0 Å². The number of amides is 1. The summed E-state index contributed by atoms with van der Waals surface area (Å²) in [6.45, 7) is 3.58. The molecule has 0 atom stereocenters. The predicted octanol–water partition coefficient (Wildman–Crippen LogP) is 3.36. The molecule has 0 radical (unpaired) electrons. The van der Waals surface area contributed by atoms with E-state index in [2.05, 4.69) is 27.8 Å². The first-order chi connectivity index (χ1) is 7.67. The van der Waals surface area contributed by atoms with Crippen LogP contribution in [0.4, 0.5) is 5.69 Å². The number of rotatable bonds is 5. The summed E-state index contributed by atoms with van der Waals surface area (Å²) in [6.07, 6.45) is 2.83. The van der Waals surface area contributed by atoms with Crippen LogP contribution in [0, 0.1) is 0 Å². The molecule has 0 aliphatic rings. The van der Waals surface area contributed by atoms with Gasteiger partial charge < -0.3 is 10.1 Å². The van der Waals surface area contributed by atoms with Gasteiger partial charge in [-0.1, -0.05) is 6.08 Å². The van der Waals surface area contributed by atoms with E-state index < -0.39 is 0 Å². The molecule has 0 aliphatic carbocycles. The summed E-state index contributed by atoms with van der Waals surface area (Å²) in [5.41, 5.74) is 0.716. The Labute approximate surface area is 104 Å². The van der Waals surface area contributed by atoms with Crippen LogP contribution >= 0.6 is 15.9 Å². The third kappa shape index (κ3) is 3.70. The maximum atomic E-state index is 11.5. The number of hydrogen-bond acceptors (Lipinski definition) is 2. The van der Waals surface area contributed by atoms with E-state index in [1.54, 1.807) is 19.3 Å². The van der Waals surface area contributed by atoms with Gasteiger partial charge in [-0.3, -0.25) is 4.79 Å². The minimum atomic E-state index is -0.0335. The fourth-order valence-electron chi connectivity index (χ4n) is 1.17. The van der Waals surface area contributed by atoms with Gasteiger partial charge in [0.25, 0.3) is 0 Å². The van der Waals surface area contributed by atoms with Gasteiger partial charge in [0.1, 0.15) is 5.75 Å². The van der Waals surface area contributed by atoms with E-state index in [1.807, 2.05) is 12.1 Å². The summed E-state index contributed by atoms with van der Waals surface area (Å²) < 4.78 is 5.92. The van der Waals surface area contributed by atoms with Gasteiger partial charge in [0.15, 0.2) is 0 Å². The fraction of sp³-hybridized carbons (Fsp3) is 0.250. The van der Waals surface area contributed by atoms with Crippen LogP contribution in [-0.4, -0.2) is 13.0 Å². The number of hydrogen-bond donors (Lipinski definition) is 1. The summed E-state index contributed by atoms with van der Waals surface area (Å²) >= 11 is 3.37. The van der Waals surface area contributed by atoms with Crippen LogP contribution < -0.4 is 10.1 Å². The third-order valence-electron chi connectivity index (χ3n) is 2.02. The lowest BCUT2D eigenvalue weighted by Crippen LogP contribution is -2.11. The van der Waals surface area contributed by atoms with Crippen molar-refractivity contribution in [3.05, 3.63) is 35.3 Å². The summed E-state index contributed by atoms with van der Waals surface area (Å²) in [6, 6.07) is 5.43. The van der Waals surface area contributed by atoms with Gasteiger partial charge in [0.05, 0.1) is 12.8 Å². The second-order valence-corrected chi connectivity index (χ2v) is 4.08. The van der Waals surface area contributed by atoms with Gasteiger partial charge in [-0.2, -0.15) is 0 Å². The summed E-state index contributed by atoms with van der Waals surface area (Å²) in [4.78, 5) is 11.5. The lowest BCUT2D eigenvalue weighted by atomic mass is 10.2. The van der Waals surface area contributed by atoms with E-state index in [0.717, 1.165) is 4.47 Å².